The van der Waals surface area contributed by atoms with E-state index in [0.29, 0.717) is 23.8 Å². The second kappa shape index (κ2) is 9.78. The average Bonchev–Trinajstić information content (AvgIpc) is 3.53. The molecule has 0 radical (unpaired) electrons. The number of aliphatic carboxylic acids is 1. The molecule has 0 aromatic carbocycles. The van der Waals surface area contributed by atoms with Gasteiger partial charge in [0.25, 0.3) is 0 Å². The van der Waals surface area contributed by atoms with E-state index in [2.05, 4.69) is 4.98 Å². The van der Waals surface area contributed by atoms with Gasteiger partial charge in [-0.2, -0.15) is 11.8 Å². The molecule has 0 aliphatic heterocycles. The Bertz CT molecular complexity index is 618. The highest BCUT2D eigenvalue weighted by atomic mass is 32.2. The first kappa shape index (κ1) is 20.5. The van der Waals surface area contributed by atoms with E-state index in [1.165, 1.54) is 38.5 Å². The zero-order valence-corrected chi connectivity index (χ0v) is 16.8. The summed E-state index contributed by atoms with van der Waals surface area (Å²) in [5, 5.41) is 20.2. The van der Waals surface area contributed by atoms with Crippen LogP contribution >= 0.6 is 11.8 Å². The molecule has 0 amide bonds. The van der Waals surface area contributed by atoms with Crippen LogP contribution in [-0.2, 0) is 11.2 Å². The van der Waals surface area contributed by atoms with Gasteiger partial charge in [0.05, 0.1) is 6.61 Å². The van der Waals surface area contributed by atoms with Gasteiger partial charge in [0, 0.05) is 24.4 Å². The lowest BCUT2D eigenvalue weighted by molar-refractivity contribution is -0.158. The summed E-state index contributed by atoms with van der Waals surface area (Å²) in [7, 11) is 0. The van der Waals surface area contributed by atoms with E-state index >= 15 is 0 Å². The third-order valence-corrected chi connectivity index (χ3v) is 6.43. The fourth-order valence-electron chi connectivity index (χ4n) is 3.18. The van der Waals surface area contributed by atoms with E-state index in [1.54, 1.807) is 30.1 Å². The molecule has 0 spiro atoms. The molecule has 1 aromatic heterocycles. The van der Waals surface area contributed by atoms with Crippen molar-refractivity contribution in [2.45, 2.75) is 63.4 Å². The first-order valence-electron chi connectivity index (χ1n) is 10.2. The number of aromatic nitrogens is 1. The van der Waals surface area contributed by atoms with Crippen LogP contribution < -0.4 is 4.74 Å². The average molecular weight is 394 g/mol. The standard InChI is InChI=1S/C21H31NO4S/c23-20(24)21(25,9-13-27-12-8-17-5-6-17)15-18-14-19(7-10-22-18)26-11-1-2-16-3-4-16/h7,10,14,16-17,25H,1-6,8-9,11-13,15H2,(H,23,24). The SMILES string of the molecule is O=C(O)C(O)(CCSCCC1CC1)Cc1cc(OCCCC2CC2)ccn1. The van der Waals surface area contributed by atoms with Crippen LogP contribution in [0.5, 0.6) is 5.75 Å². The van der Waals surface area contributed by atoms with Crippen molar-refractivity contribution >= 4 is 17.7 Å². The summed E-state index contributed by atoms with van der Waals surface area (Å²) in [6, 6.07) is 3.54. The largest absolute Gasteiger partial charge is 0.493 e. The number of carboxylic acid groups (broad SMARTS) is 1. The summed E-state index contributed by atoms with van der Waals surface area (Å²) in [4.78, 5) is 15.9. The van der Waals surface area contributed by atoms with Gasteiger partial charge in [0.1, 0.15) is 5.75 Å². The third kappa shape index (κ3) is 7.34. The lowest BCUT2D eigenvalue weighted by Crippen LogP contribution is -2.41. The Morgan fingerprint density at radius 2 is 1.96 bits per heavy atom. The Hall–Kier alpha value is -1.27. The summed E-state index contributed by atoms with van der Waals surface area (Å²) in [5.41, 5.74) is -1.22. The Labute approximate surface area is 165 Å². The molecule has 2 saturated carbocycles. The number of thioether (sulfide) groups is 1. The molecule has 0 saturated heterocycles. The van der Waals surface area contributed by atoms with Gasteiger partial charge in [-0.15, -0.1) is 0 Å². The van der Waals surface area contributed by atoms with Crippen LogP contribution in [0.25, 0.3) is 0 Å². The monoisotopic (exact) mass is 393 g/mol. The highest BCUT2D eigenvalue weighted by Gasteiger charge is 2.36. The van der Waals surface area contributed by atoms with Gasteiger partial charge in [-0.1, -0.05) is 25.7 Å². The summed E-state index contributed by atoms with van der Waals surface area (Å²) in [6.45, 7) is 0.667. The maximum Gasteiger partial charge on any atom is 0.336 e. The second-order valence-electron chi connectivity index (χ2n) is 8.02. The number of rotatable bonds is 14. The van der Waals surface area contributed by atoms with E-state index < -0.39 is 11.6 Å². The zero-order valence-electron chi connectivity index (χ0n) is 15.9. The van der Waals surface area contributed by atoms with E-state index in [-0.39, 0.29) is 12.8 Å². The van der Waals surface area contributed by atoms with Gasteiger partial charge in [0.15, 0.2) is 5.60 Å². The Kier molecular flexibility index (Phi) is 7.41. The molecule has 2 aliphatic rings. The lowest BCUT2D eigenvalue weighted by Gasteiger charge is -2.23. The van der Waals surface area contributed by atoms with Crippen LogP contribution in [0.15, 0.2) is 18.3 Å². The molecule has 6 heteroatoms. The van der Waals surface area contributed by atoms with Crippen molar-refractivity contribution in [1.82, 2.24) is 4.98 Å². The summed E-state index contributed by atoms with van der Waals surface area (Å²) < 4.78 is 5.77. The smallest absolute Gasteiger partial charge is 0.336 e. The van der Waals surface area contributed by atoms with Crippen LogP contribution in [0.2, 0.25) is 0 Å². The molecule has 0 bridgehead atoms. The van der Waals surface area contributed by atoms with Crippen molar-refractivity contribution in [1.29, 1.82) is 0 Å². The molecule has 1 atom stereocenters. The van der Waals surface area contributed by atoms with Crippen molar-refractivity contribution in [2.75, 3.05) is 18.1 Å². The van der Waals surface area contributed by atoms with Gasteiger partial charge < -0.3 is 14.9 Å². The number of hydrogen-bond acceptors (Lipinski definition) is 5. The minimum atomic E-state index is -1.77. The number of ether oxygens (including phenoxy) is 1. The zero-order chi connectivity index (χ0) is 19.1. The number of nitrogens with zero attached hydrogens (tertiary/aromatic N) is 1. The minimum absolute atomic E-state index is 0.00475. The maximum atomic E-state index is 11.7. The first-order valence-corrected chi connectivity index (χ1v) is 11.3. The molecular formula is C21H31NO4S. The van der Waals surface area contributed by atoms with Crippen molar-refractivity contribution in [3.05, 3.63) is 24.0 Å². The van der Waals surface area contributed by atoms with Crippen molar-refractivity contribution in [2.24, 2.45) is 11.8 Å². The lowest BCUT2D eigenvalue weighted by atomic mass is 9.94. The summed E-state index contributed by atoms with van der Waals surface area (Å²) >= 11 is 1.73. The van der Waals surface area contributed by atoms with Crippen molar-refractivity contribution in [3.8, 4) is 5.75 Å². The molecule has 2 fully saturated rings. The molecule has 150 valence electrons. The highest BCUT2D eigenvalue weighted by molar-refractivity contribution is 7.99. The van der Waals surface area contributed by atoms with Gasteiger partial charge in [0.2, 0.25) is 0 Å². The van der Waals surface area contributed by atoms with Crippen LogP contribution in [0.3, 0.4) is 0 Å². The second-order valence-corrected chi connectivity index (χ2v) is 9.25. The van der Waals surface area contributed by atoms with Crippen LogP contribution in [0, 0.1) is 11.8 Å². The van der Waals surface area contributed by atoms with Gasteiger partial charge in [-0.25, -0.2) is 4.79 Å². The third-order valence-electron chi connectivity index (χ3n) is 5.41. The van der Waals surface area contributed by atoms with E-state index in [9.17, 15) is 15.0 Å². The predicted octanol–water partition coefficient (Wildman–Crippen LogP) is 3.93. The molecule has 5 nitrogen and oxygen atoms in total. The van der Waals surface area contributed by atoms with E-state index in [0.717, 1.165) is 24.0 Å². The normalized spacial score (nSPS) is 18.9. The number of hydrogen-bond donors (Lipinski definition) is 2. The van der Waals surface area contributed by atoms with Gasteiger partial charge in [-0.05, 0) is 55.1 Å². The molecule has 3 rings (SSSR count). The number of aliphatic hydroxyl groups is 1. The summed E-state index contributed by atoms with van der Waals surface area (Å²) in [5.74, 6) is 2.99. The van der Waals surface area contributed by atoms with Crippen LogP contribution in [0.4, 0.5) is 0 Å². The molecule has 1 heterocycles. The number of carbonyl (C=O) groups is 1. The van der Waals surface area contributed by atoms with Gasteiger partial charge in [-0.3, -0.25) is 4.98 Å². The molecule has 1 aromatic rings. The highest BCUT2D eigenvalue weighted by Crippen LogP contribution is 2.34. The van der Waals surface area contributed by atoms with E-state index in [1.807, 2.05) is 0 Å². The molecule has 2 N–H and O–H groups in total. The van der Waals surface area contributed by atoms with Crippen molar-refractivity contribution < 1.29 is 19.7 Å². The van der Waals surface area contributed by atoms with Gasteiger partial charge >= 0.3 is 5.97 Å². The maximum absolute atomic E-state index is 11.7. The Morgan fingerprint density at radius 1 is 1.22 bits per heavy atom. The fraction of sp³-hybridized carbons (Fsp3) is 0.714. The molecular weight excluding hydrogens is 362 g/mol. The van der Waals surface area contributed by atoms with Crippen LogP contribution in [-0.4, -0.2) is 44.9 Å². The van der Waals surface area contributed by atoms with E-state index in [4.69, 9.17) is 4.74 Å². The first-order chi connectivity index (χ1) is 13.0. The summed E-state index contributed by atoms with van der Waals surface area (Å²) in [6.07, 6.45) is 10.7. The molecule has 2 aliphatic carbocycles. The predicted molar refractivity (Wildman–Crippen MR) is 107 cm³/mol. The number of pyridine rings is 1. The van der Waals surface area contributed by atoms with Crippen molar-refractivity contribution in [3.63, 3.8) is 0 Å². The molecule has 1 unspecified atom stereocenters. The Morgan fingerprint density at radius 3 is 2.67 bits per heavy atom. The minimum Gasteiger partial charge on any atom is -0.493 e. The fourth-order valence-corrected chi connectivity index (χ4v) is 4.37. The molecule has 27 heavy (non-hydrogen) atoms. The number of carboxylic acids is 1. The Balaban J connectivity index is 1.44. The van der Waals surface area contributed by atoms with Crippen LogP contribution in [0.1, 0.15) is 57.1 Å². The topological polar surface area (TPSA) is 79.7 Å². The quantitative estimate of drug-likeness (QED) is 0.466.